The molecule has 0 bridgehead atoms. The van der Waals surface area contributed by atoms with Crippen molar-refractivity contribution in [3.05, 3.63) is 24.8 Å². The molecular weight excluding hydrogens is 82.9 g/mol. The maximum absolute atomic E-state index is 4.50. The Morgan fingerprint density at radius 2 is 1.86 bits per heavy atom. The van der Waals surface area contributed by atoms with E-state index in [1.807, 2.05) is 19.1 Å². The third kappa shape index (κ3) is 29.2. The highest BCUT2D eigenvalue weighted by Crippen LogP contribution is 1.64. The maximum Gasteiger partial charge on any atom is 0.0606 e. The Hall–Kier alpha value is -0.455. The van der Waals surface area contributed by atoms with Crippen LogP contribution in [-0.4, -0.2) is 7.85 Å². The first-order valence-electron chi connectivity index (χ1n) is 2.23. The van der Waals surface area contributed by atoms with E-state index in [9.17, 15) is 0 Å². The minimum absolute atomic E-state index is 1.50. The lowest BCUT2D eigenvalue weighted by atomic mass is 10.2. The van der Waals surface area contributed by atoms with Gasteiger partial charge in [0.25, 0.3) is 0 Å². The summed E-state index contributed by atoms with van der Waals surface area (Å²) in [6.45, 7) is 6.92. The summed E-state index contributed by atoms with van der Waals surface area (Å²) in [6.07, 6.45) is 5.58. The second kappa shape index (κ2) is 17.7. The highest BCUT2D eigenvalue weighted by molar-refractivity contribution is 6.05. The van der Waals surface area contributed by atoms with Crippen molar-refractivity contribution >= 4 is 7.85 Å². The van der Waals surface area contributed by atoms with E-state index in [4.69, 9.17) is 0 Å². The van der Waals surface area contributed by atoms with Gasteiger partial charge in [0.15, 0.2) is 0 Å². The lowest BCUT2D eigenvalue weighted by Gasteiger charge is -1.56. The van der Waals surface area contributed by atoms with Gasteiger partial charge in [-0.15, -0.1) is 0 Å². The first-order chi connectivity index (χ1) is 3.41. The van der Waals surface area contributed by atoms with Gasteiger partial charge in [0.05, 0.1) is 7.85 Å². The summed E-state index contributed by atoms with van der Waals surface area (Å²) < 4.78 is 0. The molecule has 7 heavy (non-hydrogen) atoms. The lowest BCUT2D eigenvalue weighted by molar-refractivity contribution is 1.74. The number of hydrogen-bond acceptors (Lipinski definition) is 0. The molecule has 0 atom stereocenters. The fourth-order valence-corrected chi connectivity index (χ4v) is 0.136. The van der Waals surface area contributed by atoms with Crippen LogP contribution in [0.5, 0.6) is 0 Å². The average Bonchev–Trinajstić information content (AvgIpc) is 1.75. The van der Waals surface area contributed by atoms with Gasteiger partial charge in [-0.1, -0.05) is 31.6 Å². The molecule has 0 fully saturated rings. The second-order valence-electron chi connectivity index (χ2n) is 0.761. The summed E-state index contributed by atoms with van der Waals surface area (Å²) >= 11 is 0. The van der Waals surface area contributed by atoms with E-state index in [1.165, 1.54) is 6.82 Å². The van der Waals surface area contributed by atoms with E-state index in [0.29, 0.717) is 0 Å². The third-order valence-electron chi connectivity index (χ3n) is 0.329. The van der Waals surface area contributed by atoms with Gasteiger partial charge in [0.2, 0.25) is 0 Å². The number of rotatable bonds is 1. The molecule has 0 unspecified atom stereocenters. The molecular formula is C6H11B. The molecule has 0 rings (SSSR count). The quantitative estimate of drug-likeness (QED) is 0.344. The smallest absolute Gasteiger partial charge is 0.0606 e. The van der Waals surface area contributed by atoms with E-state index in [1.54, 1.807) is 6.08 Å². The Balaban J connectivity index is 0. The van der Waals surface area contributed by atoms with Crippen LogP contribution >= 0.6 is 0 Å². The molecule has 0 aliphatic carbocycles. The monoisotopic (exact) mass is 94.1 g/mol. The number of allylic oxidation sites excluding steroid dienone is 3. The highest BCUT2D eigenvalue weighted by Gasteiger charge is 1.42. The average molecular weight is 94.0 g/mol. The van der Waals surface area contributed by atoms with Crippen LogP contribution < -0.4 is 0 Å². The van der Waals surface area contributed by atoms with Gasteiger partial charge >= 0.3 is 0 Å². The molecule has 0 spiro atoms. The van der Waals surface area contributed by atoms with Crippen LogP contribution in [0.1, 0.15) is 6.92 Å². The fraction of sp³-hybridized carbons (Fsp3) is 0.333. The van der Waals surface area contributed by atoms with Crippen molar-refractivity contribution in [2.24, 2.45) is 0 Å². The highest BCUT2D eigenvalue weighted by atomic mass is 13.5. The zero-order valence-electron chi connectivity index (χ0n) is 5.02. The van der Waals surface area contributed by atoms with Crippen molar-refractivity contribution in [2.75, 3.05) is 0 Å². The molecule has 0 aromatic rings. The predicted molar refractivity (Wildman–Crippen MR) is 36.6 cm³/mol. The molecule has 0 saturated carbocycles. The molecule has 0 aromatic heterocycles. The summed E-state index contributed by atoms with van der Waals surface area (Å²) in [6, 6.07) is 0. The molecule has 38 valence electrons. The second-order valence-corrected chi connectivity index (χ2v) is 0.761. The SMILES string of the molecule is C=CC=CC.[B]C. The predicted octanol–water partition coefficient (Wildman–Crippen LogP) is 1.95. The van der Waals surface area contributed by atoms with Crippen molar-refractivity contribution in [3.8, 4) is 0 Å². The third-order valence-corrected chi connectivity index (χ3v) is 0.329. The Morgan fingerprint density at radius 3 is 1.86 bits per heavy atom. The summed E-state index contributed by atoms with van der Waals surface area (Å²) in [5, 5.41) is 0. The van der Waals surface area contributed by atoms with Crippen LogP contribution in [0.4, 0.5) is 0 Å². The van der Waals surface area contributed by atoms with Crippen LogP contribution in [0.2, 0.25) is 6.82 Å². The van der Waals surface area contributed by atoms with E-state index >= 15 is 0 Å². The van der Waals surface area contributed by atoms with Crippen LogP contribution in [0.25, 0.3) is 0 Å². The van der Waals surface area contributed by atoms with Gasteiger partial charge in [-0.05, 0) is 6.92 Å². The van der Waals surface area contributed by atoms with Gasteiger partial charge < -0.3 is 0 Å². The molecule has 1 heteroatoms. The van der Waals surface area contributed by atoms with Crippen molar-refractivity contribution in [1.29, 1.82) is 0 Å². The molecule has 0 heterocycles. The first kappa shape index (κ1) is 9.74. The maximum atomic E-state index is 4.50. The van der Waals surface area contributed by atoms with Crippen LogP contribution in [0, 0.1) is 0 Å². The van der Waals surface area contributed by atoms with Gasteiger partial charge in [-0.3, -0.25) is 0 Å². The topological polar surface area (TPSA) is 0 Å². The Kier molecular flexibility index (Phi) is 24.6. The van der Waals surface area contributed by atoms with Crippen molar-refractivity contribution in [3.63, 3.8) is 0 Å². The van der Waals surface area contributed by atoms with Crippen molar-refractivity contribution in [1.82, 2.24) is 0 Å². The van der Waals surface area contributed by atoms with E-state index in [0.717, 1.165) is 0 Å². The number of hydrogen-bond donors (Lipinski definition) is 0. The molecule has 0 aliphatic rings. The van der Waals surface area contributed by atoms with Crippen molar-refractivity contribution < 1.29 is 0 Å². The fourth-order valence-electron chi connectivity index (χ4n) is 0.136. The summed E-state index contributed by atoms with van der Waals surface area (Å²) in [7, 11) is 4.50. The first-order valence-corrected chi connectivity index (χ1v) is 2.23. The minimum Gasteiger partial charge on any atom is -0.0999 e. The van der Waals surface area contributed by atoms with Gasteiger partial charge in [-0.25, -0.2) is 0 Å². The Labute approximate surface area is 47.3 Å². The van der Waals surface area contributed by atoms with E-state index < -0.39 is 0 Å². The molecule has 0 saturated heterocycles. The van der Waals surface area contributed by atoms with Gasteiger partial charge in [-0.2, -0.15) is 0 Å². The van der Waals surface area contributed by atoms with Crippen LogP contribution in [0.3, 0.4) is 0 Å². The molecule has 2 radical (unpaired) electrons. The molecule has 0 amide bonds. The largest absolute Gasteiger partial charge is 0.0999 e. The minimum atomic E-state index is 1.50. The van der Waals surface area contributed by atoms with Gasteiger partial charge in [0.1, 0.15) is 0 Å². The summed E-state index contributed by atoms with van der Waals surface area (Å²) in [5.74, 6) is 0. The standard InChI is InChI=1S/C5H8.CH3B/c1-3-5-4-2;1-2/h3-5H,1H2,2H3;1H3. The van der Waals surface area contributed by atoms with Crippen LogP contribution in [0.15, 0.2) is 24.8 Å². The van der Waals surface area contributed by atoms with Crippen LogP contribution in [-0.2, 0) is 0 Å². The molecule has 0 nitrogen and oxygen atoms in total. The Morgan fingerprint density at radius 1 is 1.43 bits per heavy atom. The van der Waals surface area contributed by atoms with E-state index in [2.05, 4.69) is 14.4 Å². The summed E-state index contributed by atoms with van der Waals surface area (Å²) in [5.41, 5.74) is 0. The Bertz CT molecular complexity index is 46.1. The lowest BCUT2D eigenvalue weighted by Crippen LogP contribution is -1.33. The molecule has 0 aliphatic heterocycles. The zero-order chi connectivity index (χ0) is 6.12. The normalized spacial score (nSPS) is 7.14. The van der Waals surface area contributed by atoms with Gasteiger partial charge in [0, 0.05) is 0 Å². The zero-order valence-corrected chi connectivity index (χ0v) is 5.02. The summed E-state index contributed by atoms with van der Waals surface area (Å²) in [4.78, 5) is 0. The molecule has 0 aromatic carbocycles. The van der Waals surface area contributed by atoms with Crippen molar-refractivity contribution in [2.45, 2.75) is 13.7 Å². The molecule has 0 N–H and O–H groups in total. The van der Waals surface area contributed by atoms with E-state index in [-0.39, 0.29) is 0 Å².